The molecular formula is C7H7FN4S. The summed E-state index contributed by atoms with van der Waals surface area (Å²) in [5.74, 6) is -0.448. The molecule has 0 aliphatic heterocycles. The quantitative estimate of drug-likeness (QED) is 0.410. The average Bonchev–Trinajstić information content (AvgIpc) is 2.08. The summed E-state index contributed by atoms with van der Waals surface area (Å²) in [7, 11) is 0. The number of hydrogen-bond donors (Lipinski definition) is 2. The number of hydrogen-bond acceptors (Lipinski definition) is 3. The number of rotatable bonds is 2. The fourth-order valence-corrected chi connectivity index (χ4v) is 0.703. The van der Waals surface area contributed by atoms with Crippen LogP contribution in [-0.2, 0) is 0 Å². The Labute approximate surface area is 79.7 Å². The van der Waals surface area contributed by atoms with Crippen LogP contribution in [0.2, 0.25) is 0 Å². The first-order valence-electron chi connectivity index (χ1n) is 3.39. The highest BCUT2D eigenvalue weighted by atomic mass is 32.1. The lowest BCUT2D eigenvalue weighted by Gasteiger charge is -1.94. The summed E-state index contributed by atoms with van der Waals surface area (Å²) in [6.45, 7) is 0. The maximum Gasteiger partial charge on any atom is 0.184 e. The van der Waals surface area contributed by atoms with Crippen molar-refractivity contribution in [3.63, 3.8) is 0 Å². The predicted octanol–water partition coefficient (Wildman–Crippen LogP) is 0.388. The summed E-state index contributed by atoms with van der Waals surface area (Å²) in [5, 5.41) is 3.58. The van der Waals surface area contributed by atoms with Gasteiger partial charge in [-0.1, -0.05) is 0 Å². The van der Waals surface area contributed by atoms with Crippen molar-refractivity contribution in [1.82, 2.24) is 10.4 Å². The van der Waals surface area contributed by atoms with Crippen LogP contribution in [0.3, 0.4) is 0 Å². The average molecular weight is 198 g/mol. The van der Waals surface area contributed by atoms with Gasteiger partial charge in [-0.2, -0.15) is 5.10 Å². The molecule has 0 unspecified atom stereocenters. The molecule has 3 N–H and O–H groups in total. The third-order valence-electron chi connectivity index (χ3n) is 1.15. The van der Waals surface area contributed by atoms with E-state index in [1.54, 1.807) is 0 Å². The highest BCUT2D eigenvalue weighted by Gasteiger charge is 1.96. The largest absolute Gasteiger partial charge is 0.375 e. The molecule has 0 aliphatic rings. The van der Waals surface area contributed by atoms with Gasteiger partial charge in [-0.25, -0.2) is 4.39 Å². The molecule has 0 bridgehead atoms. The van der Waals surface area contributed by atoms with Crippen LogP contribution < -0.4 is 11.2 Å². The SMILES string of the molecule is NC(=S)NN=Cc1ncccc1F. The molecule has 0 amide bonds. The van der Waals surface area contributed by atoms with Gasteiger partial charge in [0.25, 0.3) is 0 Å². The van der Waals surface area contributed by atoms with Gasteiger partial charge in [0.05, 0.1) is 6.21 Å². The third kappa shape index (κ3) is 3.12. The van der Waals surface area contributed by atoms with Gasteiger partial charge in [0.15, 0.2) is 10.9 Å². The summed E-state index contributed by atoms with van der Waals surface area (Å²) in [4.78, 5) is 3.73. The lowest BCUT2D eigenvalue weighted by atomic mass is 10.3. The van der Waals surface area contributed by atoms with Gasteiger partial charge in [-0.15, -0.1) is 0 Å². The normalized spacial score (nSPS) is 10.2. The molecule has 1 aromatic heterocycles. The fourth-order valence-electron chi connectivity index (χ4n) is 0.650. The molecule has 4 nitrogen and oxygen atoms in total. The minimum atomic E-state index is -0.448. The van der Waals surface area contributed by atoms with Crippen molar-refractivity contribution in [3.05, 3.63) is 29.8 Å². The van der Waals surface area contributed by atoms with Crippen LogP contribution >= 0.6 is 12.2 Å². The van der Waals surface area contributed by atoms with Crippen molar-refractivity contribution < 1.29 is 4.39 Å². The van der Waals surface area contributed by atoms with Gasteiger partial charge in [-0.05, 0) is 24.4 Å². The van der Waals surface area contributed by atoms with Crippen LogP contribution in [0, 0.1) is 5.82 Å². The van der Waals surface area contributed by atoms with E-state index in [4.69, 9.17) is 5.73 Å². The molecular weight excluding hydrogens is 191 g/mol. The van der Waals surface area contributed by atoms with E-state index in [2.05, 4.69) is 27.7 Å². The molecule has 6 heteroatoms. The van der Waals surface area contributed by atoms with Gasteiger partial charge < -0.3 is 5.73 Å². The predicted molar refractivity (Wildman–Crippen MR) is 51.7 cm³/mol. The first-order valence-corrected chi connectivity index (χ1v) is 3.80. The topological polar surface area (TPSA) is 63.3 Å². The number of halogens is 1. The molecule has 0 aliphatic carbocycles. The molecule has 0 saturated heterocycles. The third-order valence-corrected chi connectivity index (χ3v) is 1.24. The maximum atomic E-state index is 12.9. The highest BCUT2D eigenvalue weighted by Crippen LogP contribution is 1.98. The molecule has 0 radical (unpaired) electrons. The Balaban J connectivity index is 2.68. The maximum absolute atomic E-state index is 12.9. The standard InChI is InChI=1S/C7H7FN4S/c8-5-2-1-3-10-6(5)4-11-12-7(9)13/h1-4H,(H3,9,12,13). The molecule has 1 heterocycles. The second-order valence-electron chi connectivity index (χ2n) is 2.10. The molecule has 13 heavy (non-hydrogen) atoms. The van der Waals surface area contributed by atoms with Crippen LogP contribution in [-0.4, -0.2) is 16.3 Å². The van der Waals surface area contributed by atoms with E-state index < -0.39 is 5.82 Å². The molecule has 1 aromatic rings. The smallest absolute Gasteiger partial charge is 0.184 e. The van der Waals surface area contributed by atoms with E-state index in [1.165, 1.54) is 24.5 Å². The first-order chi connectivity index (χ1) is 6.20. The number of nitrogens with one attached hydrogen (secondary N) is 1. The summed E-state index contributed by atoms with van der Waals surface area (Å²) < 4.78 is 12.9. The second kappa shape index (κ2) is 4.46. The molecule has 1 rings (SSSR count). The van der Waals surface area contributed by atoms with E-state index in [9.17, 15) is 4.39 Å². The van der Waals surface area contributed by atoms with Crippen molar-refractivity contribution >= 4 is 23.5 Å². The number of hydrazone groups is 1. The zero-order chi connectivity index (χ0) is 9.68. The van der Waals surface area contributed by atoms with Crippen LogP contribution in [0.15, 0.2) is 23.4 Å². The minimum Gasteiger partial charge on any atom is -0.375 e. The summed E-state index contributed by atoms with van der Waals surface area (Å²) in [5.41, 5.74) is 7.51. The Hall–Kier alpha value is -1.56. The monoisotopic (exact) mass is 198 g/mol. The van der Waals surface area contributed by atoms with Gasteiger partial charge in [0.2, 0.25) is 0 Å². The summed E-state index contributed by atoms with van der Waals surface area (Å²) in [6.07, 6.45) is 2.67. The number of aromatic nitrogens is 1. The van der Waals surface area contributed by atoms with Crippen LogP contribution in [0.1, 0.15) is 5.69 Å². The number of thiocarbonyl (C=S) groups is 1. The Kier molecular flexibility index (Phi) is 3.27. The van der Waals surface area contributed by atoms with E-state index in [1.807, 2.05) is 0 Å². The molecule has 0 fully saturated rings. The molecule has 0 saturated carbocycles. The molecule has 0 atom stereocenters. The fraction of sp³-hybridized carbons (Fsp3) is 0. The summed E-state index contributed by atoms with van der Waals surface area (Å²) in [6, 6.07) is 2.78. The van der Waals surface area contributed by atoms with Gasteiger partial charge in [0, 0.05) is 6.20 Å². The zero-order valence-corrected chi connectivity index (χ0v) is 7.38. The molecule has 0 spiro atoms. The molecule has 68 valence electrons. The Morgan fingerprint density at radius 1 is 1.77 bits per heavy atom. The summed E-state index contributed by atoms with van der Waals surface area (Å²) >= 11 is 4.48. The van der Waals surface area contributed by atoms with Gasteiger partial charge in [-0.3, -0.25) is 10.4 Å². The van der Waals surface area contributed by atoms with Crippen molar-refractivity contribution in [2.75, 3.05) is 0 Å². The second-order valence-corrected chi connectivity index (χ2v) is 2.54. The lowest BCUT2D eigenvalue weighted by molar-refractivity contribution is 0.619. The number of nitrogens with zero attached hydrogens (tertiary/aromatic N) is 2. The lowest BCUT2D eigenvalue weighted by Crippen LogP contribution is -2.24. The van der Waals surface area contributed by atoms with Gasteiger partial charge in [0.1, 0.15) is 5.69 Å². The van der Waals surface area contributed by atoms with E-state index in [0.717, 1.165) is 0 Å². The highest BCUT2D eigenvalue weighted by molar-refractivity contribution is 7.80. The van der Waals surface area contributed by atoms with E-state index in [0.29, 0.717) is 0 Å². The number of pyridine rings is 1. The minimum absolute atomic E-state index is 0.0209. The first kappa shape index (κ1) is 9.53. The van der Waals surface area contributed by atoms with Crippen LogP contribution in [0.4, 0.5) is 4.39 Å². The number of nitrogens with two attached hydrogens (primary N) is 1. The van der Waals surface area contributed by atoms with Crippen molar-refractivity contribution in [3.8, 4) is 0 Å². The van der Waals surface area contributed by atoms with Crippen LogP contribution in [0.5, 0.6) is 0 Å². The Bertz CT molecular complexity index is 339. The molecule has 0 aromatic carbocycles. The van der Waals surface area contributed by atoms with Crippen molar-refractivity contribution in [2.45, 2.75) is 0 Å². The van der Waals surface area contributed by atoms with E-state index in [-0.39, 0.29) is 10.8 Å². The zero-order valence-electron chi connectivity index (χ0n) is 6.57. The van der Waals surface area contributed by atoms with Crippen molar-refractivity contribution in [1.29, 1.82) is 0 Å². The van der Waals surface area contributed by atoms with Gasteiger partial charge >= 0.3 is 0 Å². The Morgan fingerprint density at radius 3 is 3.15 bits per heavy atom. The Morgan fingerprint density at radius 2 is 2.54 bits per heavy atom. The van der Waals surface area contributed by atoms with E-state index >= 15 is 0 Å². The van der Waals surface area contributed by atoms with Crippen molar-refractivity contribution in [2.24, 2.45) is 10.8 Å². The van der Waals surface area contributed by atoms with Crippen LogP contribution in [0.25, 0.3) is 0 Å².